The van der Waals surface area contributed by atoms with E-state index in [-0.39, 0.29) is 23.6 Å². The smallest absolute Gasteiger partial charge is 0.306 e. The van der Waals surface area contributed by atoms with E-state index >= 15 is 0 Å². The summed E-state index contributed by atoms with van der Waals surface area (Å²) in [7, 11) is 1.78. The van der Waals surface area contributed by atoms with E-state index in [1.165, 1.54) is 17.6 Å². The Labute approximate surface area is 109 Å². The van der Waals surface area contributed by atoms with Gasteiger partial charge in [-0.15, -0.1) is 0 Å². The van der Waals surface area contributed by atoms with Crippen molar-refractivity contribution in [2.24, 2.45) is 11.3 Å². The Morgan fingerprint density at radius 2 is 2.06 bits per heavy atom. The Bertz CT molecular complexity index is 412. The van der Waals surface area contributed by atoms with Gasteiger partial charge in [-0.2, -0.15) is 0 Å². The lowest BCUT2D eigenvalue weighted by atomic mass is 9.60. The third kappa shape index (κ3) is 1.63. The second-order valence-electron chi connectivity index (χ2n) is 6.33. The Balaban J connectivity index is 2.03. The molecule has 0 aromatic rings. The van der Waals surface area contributed by atoms with E-state index in [0.717, 1.165) is 19.3 Å². The molecular weight excluding hydrogens is 228 g/mol. The molecule has 1 aliphatic heterocycles. The van der Waals surface area contributed by atoms with E-state index in [9.17, 15) is 4.79 Å². The summed E-state index contributed by atoms with van der Waals surface area (Å²) < 4.78 is 11.2. The van der Waals surface area contributed by atoms with E-state index < -0.39 is 0 Å². The van der Waals surface area contributed by atoms with Gasteiger partial charge in [0.15, 0.2) is 0 Å². The molecule has 0 spiro atoms. The van der Waals surface area contributed by atoms with Crippen molar-refractivity contribution in [3.63, 3.8) is 0 Å². The molecule has 2 fully saturated rings. The number of fused-ring (bicyclic) bond motifs is 3. The van der Waals surface area contributed by atoms with Crippen LogP contribution in [0, 0.1) is 11.3 Å². The van der Waals surface area contributed by atoms with Gasteiger partial charge in [0.25, 0.3) is 0 Å². The van der Waals surface area contributed by atoms with Gasteiger partial charge in [-0.1, -0.05) is 6.92 Å². The topological polar surface area (TPSA) is 35.5 Å². The Morgan fingerprint density at radius 3 is 2.78 bits per heavy atom. The van der Waals surface area contributed by atoms with Crippen LogP contribution in [0.4, 0.5) is 0 Å². The van der Waals surface area contributed by atoms with Crippen LogP contribution in [0.25, 0.3) is 0 Å². The van der Waals surface area contributed by atoms with E-state index in [0.29, 0.717) is 12.3 Å². The SMILES string of the molecule is CO[C@H]1CC[C@]2(C)CC[C@H]3CC(=O)O[C@@H]3C2=C1C. The van der Waals surface area contributed by atoms with Crippen molar-refractivity contribution in [1.29, 1.82) is 0 Å². The highest BCUT2D eigenvalue weighted by Crippen LogP contribution is 2.54. The average Bonchev–Trinajstić information content (AvgIpc) is 2.69. The first kappa shape index (κ1) is 12.2. The van der Waals surface area contributed by atoms with Crippen LogP contribution >= 0.6 is 0 Å². The van der Waals surface area contributed by atoms with Crippen LogP contribution in [-0.4, -0.2) is 25.3 Å². The summed E-state index contributed by atoms with van der Waals surface area (Å²) in [6.45, 7) is 4.50. The van der Waals surface area contributed by atoms with Crippen molar-refractivity contribution >= 4 is 5.97 Å². The van der Waals surface area contributed by atoms with Crippen LogP contribution in [0.1, 0.15) is 46.0 Å². The highest BCUT2D eigenvalue weighted by molar-refractivity contribution is 5.73. The largest absolute Gasteiger partial charge is 0.457 e. The van der Waals surface area contributed by atoms with Gasteiger partial charge >= 0.3 is 5.97 Å². The van der Waals surface area contributed by atoms with Crippen LogP contribution in [0.3, 0.4) is 0 Å². The van der Waals surface area contributed by atoms with Crippen molar-refractivity contribution in [3.05, 3.63) is 11.1 Å². The zero-order chi connectivity index (χ0) is 12.9. The molecule has 4 atom stereocenters. The van der Waals surface area contributed by atoms with E-state index in [4.69, 9.17) is 9.47 Å². The molecule has 1 saturated heterocycles. The van der Waals surface area contributed by atoms with Gasteiger partial charge in [0.05, 0.1) is 12.5 Å². The Morgan fingerprint density at radius 1 is 1.33 bits per heavy atom. The molecule has 0 amide bonds. The number of hydrogen-bond donors (Lipinski definition) is 0. The van der Waals surface area contributed by atoms with Gasteiger partial charge in [0, 0.05) is 13.0 Å². The third-order valence-corrected chi connectivity index (χ3v) is 5.27. The summed E-state index contributed by atoms with van der Waals surface area (Å²) in [5, 5.41) is 0. The molecule has 0 aromatic heterocycles. The zero-order valence-electron chi connectivity index (χ0n) is 11.5. The predicted octanol–water partition coefficient (Wildman–Crippen LogP) is 2.84. The number of rotatable bonds is 1. The first-order valence-electron chi connectivity index (χ1n) is 6.98. The van der Waals surface area contributed by atoms with Gasteiger partial charge in [-0.25, -0.2) is 0 Å². The maximum atomic E-state index is 11.6. The number of esters is 1. The summed E-state index contributed by atoms with van der Waals surface area (Å²) in [5.74, 6) is 0.389. The van der Waals surface area contributed by atoms with Crippen LogP contribution in [0.2, 0.25) is 0 Å². The lowest BCUT2D eigenvalue weighted by Gasteiger charge is -2.47. The molecule has 0 radical (unpaired) electrons. The van der Waals surface area contributed by atoms with Crippen molar-refractivity contribution in [3.8, 4) is 0 Å². The highest BCUT2D eigenvalue weighted by Gasteiger charge is 2.50. The molecule has 0 unspecified atom stereocenters. The summed E-state index contributed by atoms with van der Waals surface area (Å²) in [4.78, 5) is 11.6. The molecule has 1 saturated carbocycles. The van der Waals surface area contributed by atoms with Gasteiger partial charge in [-0.3, -0.25) is 4.79 Å². The number of methoxy groups -OCH3 is 1. The number of carbonyl (C=O) groups excluding carboxylic acids is 1. The fourth-order valence-electron chi connectivity index (χ4n) is 4.23. The van der Waals surface area contributed by atoms with E-state index in [1.807, 2.05) is 0 Å². The molecule has 18 heavy (non-hydrogen) atoms. The fourth-order valence-corrected chi connectivity index (χ4v) is 4.23. The summed E-state index contributed by atoms with van der Waals surface area (Å²) >= 11 is 0. The molecule has 0 bridgehead atoms. The molecule has 3 aliphatic rings. The molecule has 0 aromatic carbocycles. The second-order valence-corrected chi connectivity index (χ2v) is 6.33. The van der Waals surface area contributed by atoms with Gasteiger partial charge in [0.2, 0.25) is 0 Å². The van der Waals surface area contributed by atoms with E-state index in [2.05, 4.69) is 13.8 Å². The maximum Gasteiger partial charge on any atom is 0.306 e. The predicted molar refractivity (Wildman–Crippen MR) is 68.1 cm³/mol. The van der Waals surface area contributed by atoms with E-state index in [1.54, 1.807) is 7.11 Å². The fraction of sp³-hybridized carbons (Fsp3) is 0.800. The normalized spacial score (nSPS) is 43.5. The molecule has 3 nitrogen and oxygen atoms in total. The first-order valence-corrected chi connectivity index (χ1v) is 6.98. The van der Waals surface area contributed by atoms with Crippen molar-refractivity contribution in [2.45, 2.75) is 58.2 Å². The third-order valence-electron chi connectivity index (χ3n) is 5.27. The Hall–Kier alpha value is -0.830. The molecular formula is C15H22O3. The monoisotopic (exact) mass is 250 g/mol. The number of hydrogen-bond acceptors (Lipinski definition) is 3. The molecule has 2 aliphatic carbocycles. The maximum absolute atomic E-state index is 11.6. The van der Waals surface area contributed by atoms with Gasteiger partial charge in [0.1, 0.15) is 6.10 Å². The number of carbonyl (C=O) groups is 1. The van der Waals surface area contributed by atoms with Crippen LogP contribution in [0.15, 0.2) is 11.1 Å². The molecule has 3 rings (SSSR count). The minimum atomic E-state index is -0.0194. The lowest BCUT2D eigenvalue weighted by Crippen LogP contribution is -2.42. The van der Waals surface area contributed by atoms with Crippen LogP contribution in [-0.2, 0) is 14.3 Å². The minimum Gasteiger partial charge on any atom is -0.457 e. The van der Waals surface area contributed by atoms with Crippen molar-refractivity contribution in [2.75, 3.05) is 7.11 Å². The molecule has 3 heteroatoms. The quantitative estimate of drug-likeness (QED) is 0.530. The summed E-state index contributed by atoms with van der Waals surface area (Å²) in [6, 6.07) is 0. The standard InChI is InChI=1S/C15H22O3/c1-9-11(17-3)5-7-15(2)6-4-10-8-12(16)18-14(10)13(9)15/h10-11,14H,4-8H2,1-3H3/t10-,11-,14-,15-/m0/s1. The van der Waals surface area contributed by atoms with Gasteiger partial charge in [-0.05, 0) is 49.2 Å². The zero-order valence-corrected chi connectivity index (χ0v) is 11.5. The molecule has 100 valence electrons. The average molecular weight is 250 g/mol. The lowest BCUT2D eigenvalue weighted by molar-refractivity contribution is -0.141. The van der Waals surface area contributed by atoms with Crippen molar-refractivity contribution in [1.82, 2.24) is 0 Å². The minimum absolute atomic E-state index is 0.0194. The molecule has 1 heterocycles. The summed E-state index contributed by atoms with van der Waals surface area (Å²) in [5.41, 5.74) is 2.92. The molecule has 0 N–H and O–H groups in total. The van der Waals surface area contributed by atoms with Crippen LogP contribution in [0.5, 0.6) is 0 Å². The first-order chi connectivity index (χ1) is 8.55. The number of ether oxygens (including phenoxy) is 2. The second kappa shape index (κ2) is 4.09. The van der Waals surface area contributed by atoms with Crippen LogP contribution < -0.4 is 0 Å². The summed E-state index contributed by atoms with van der Waals surface area (Å²) in [6.07, 6.45) is 5.41. The highest BCUT2D eigenvalue weighted by atomic mass is 16.6. The van der Waals surface area contributed by atoms with Crippen molar-refractivity contribution < 1.29 is 14.3 Å². The van der Waals surface area contributed by atoms with Gasteiger partial charge < -0.3 is 9.47 Å². The Kier molecular flexibility index (Phi) is 2.77.